The minimum absolute atomic E-state index is 0.243. The Kier molecular flexibility index (Phi) is 2.82. The highest BCUT2D eigenvalue weighted by atomic mass is 15.2. The van der Waals surface area contributed by atoms with Crippen LogP contribution >= 0.6 is 0 Å². The molecule has 0 saturated heterocycles. The third-order valence-electron chi connectivity index (χ3n) is 1.46. The Labute approximate surface area is 75.9 Å². The van der Waals surface area contributed by atoms with E-state index in [1.54, 1.807) is 24.5 Å². The van der Waals surface area contributed by atoms with Crippen molar-refractivity contribution in [3.05, 3.63) is 30.1 Å². The van der Waals surface area contributed by atoms with Gasteiger partial charge in [-0.25, -0.2) is 4.90 Å². The van der Waals surface area contributed by atoms with Crippen molar-refractivity contribution in [3.8, 4) is 6.19 Å². The van der Waals surface area contributed by atoms with Crippen molar-refractivity contribution < 1.29 is 0 Å². The quantitative estimate of drug-likeness (QED) is 0.292. The summed E-state index contributed by atoms with van der Waals surface area (Å²) < 4.78 is 0. The Morgan fingerprint density at radius 2 is 2.46 bits per heavy atom. The molecule has 1 rings (SSSR count). The SMILES string of the molecule is N#CN(Cc1ccccn1)C(=N)N. The number of aromatic nitrogens is 1. The van der Waals surface area contributed by atoms with Crippen LogP contribution in [0.2, 0.25) is 0 Å². The molecule has 0 amide bonds. The van der Waals surface area contributed by atoms with Crippen molar-refractivity contribution in [2.75, 3.05) is 0 Å². The van der Waals surface area contributed by atoms with Gasteiger partial charge >= 0.3 is 0 Å². The molecule has 0 aromatic carbocycles. The molecule has 0 atom stereocenters. The molecule has 0 radical (unpaired) electrons. The monoisotopic (exact) mass is 175 g/mol. The van der Waals surface area contributed by atoms with Gasteiger partial charge in [-0.2, -0.15) is 5.26 Å². The summed E-state index contributed by atoms with van der Waals surface area (Å²) in [6.07, 6.45) is 3.42. The standard InChI is InChI=1S/C8H9N5/c9-6-13(8(10)11)5-7-3-1-2-4-12-7/h1-4H,5H2,(H3,10,11). The van der Waals surface area contributed by atoms with E-state index in [0.29, 0.717) is 5.69 Å². The number of nitrogens with one attached hydrogen (secondary N) is 1. The molecular formula is C8H9N5. The molecule has 5 nitrogen and oxygen atoms in total. The van der Waals surface area contributed by atoms with Crippen LogP contribution in [0.15, 0.2) is 24.4 Å². The number of pyridine rings is 1. The predicted octanol–water partition coefficient (Wildman–Crippen LogP) is 0.258. The summed E-state index contributed by atoms with van der Waals surface area (Å²) in [7, 11) is 0. The van der Waals surface area contributed by atoms with Gasteiger partial charge in [-0.15, -0.1) is 0 Å². The maximum absolute atomic E-state index is 8.59. The molecule has 0 aliphatic rings. The van der Waals surface area contributed by atoms with Crippen molar-refractivity contribution in [1.29, 1.82) is 10.7 Å². The van der Waals surface area contributed by atoms with Crippen molar-refractivity contribution in [2.45, 2.75) is 6.54 Å². The lowest BCUT2D eigenvalue weighted by atomic mass is 10.3. The molecule has 0 aliphatic carbocycles. The molecule has 0 unspecified atom stereocenters. The first-order valence-corrected chi connectivity index (χ1v) is 3.65. The second-order valence-electron chi connectivity index (χ2n) is 2.39. The summed E-state index contributed by atoms with van der Waals surface area (Å²) in [5, 5.41) is 15.6. The average Bonchev–Trinajstić information content (AvgIpc) is 2.15. The van der Waals surface area contributed by atoms with E-state index in [1.165, 1.54) is 0 Å². The van der Waals surface area contributed by atoms with E-state index in [2.05, 4.69) is 4.98 Å². The van der Waals surface area contributed by atoms with Gasteiger partial charge in [-0.3, -0.25) is 10.4 Å². The third kappa shape index (κ3) is 2.45. The number of hydrogen-bond donors (Lipinski definition) is 2. The van der Waals surface area contributed by atoms with Crippen LogP contribution in [-0.2, 0) is 6.54 Å². The Morgan fingerprint density at radius 1 is 1.69 bits per heavy atom. The van der Waals surface area contributed by atoms with Gasteiger partial charge in [0.25, 0.3) is 0 Å². The number of hydrogen-bond acceptors (Lipinski definition) is 3. The highest BCUT2D eigenvalue weighted by Crippen LogP contribution is 1.98. The summed E-state index contributed by atoms with van der Waals surface area (Å²) in [6.45, 7) is 0.243. The lowest BCUT2D eigenvalue weighted by molar-refractivity contribution is 0.550. The third-order valence-corrected chi connectivity index (χ3v) is 1.46. The molecule has 1 heterocycles. The van der Waals surface area contributed by atoms with Crippen LogP contribution in [0.4, 0.5) is 0 Å². The molecule has 0 bridgehead atoms. The van der Waals surface area contributed by atoms with E-state index in [4.69, 9.17) is 16.4 Å². The second kappa shape index (κ2) is 4.07. The zero-order chi connectivity index (χ0) is 9.68. The first kappa shape index (κ1) is 9.00. The lowest BCUT2D eigenvalue weighted by Gasteiger charge is -2.11. The van der Waals surface area contributed by atoms with Gasteiger partial charge in [0.1, 0.15) is 0 Å². The van der Waals surface area contributed by atoms with E-state index in [0.717, 1.165) is 4.90 Å². The molecule has 0 fully saturated rings. The van der Waals surface area contributed by atoms with E-state index >= 15 is 0 Å². The summed E-state index contributed by atoms with van der Waals surface area (Å²) in [5.41, 5.74) is 5.86. The first-order valence-electron chi connectivity index (χ1n) is 3.65. The highest BCUT2D eigenvalue weighted by molar-refractivity contribution is 5.76. The molecule has 0 saturated carbocycles. The number of nitrogens with zero attached hydrogens (tertiary/aromatic N) is 3. The average molecular weight is 175 g/mol. The fraction of sp³-hybridized carbons (Fsp3) is 0.125. The number of guanidine groups is 1. The summed E-state index contributed by atoms with van der Waals surface area (Å²) in [6, 6.07) is 5.37. The topological polar surface area (TPSA) is 89.8 Å². The largest absolute Gasteiger partial charge is 0.369 e. The smallest absolute Gasteiger partial charge is 0.202 e. The van der Waals surface area contributed by atoms with Crippen molar-refractivity contribution in [1.82, 2.24) is 9.88 Å². The molecule has 5 heteroatoms. The van der Waals surface area contributed by atoms with Gasteiger partial charge in [0.05, 0.1) is 12.2 Å². The predicted molar refractivity (Wildman–Crippen MR) is 47.3 cm³/mol. The zero-order valence-electron chi connectivity index (χ0n) is 6.94. The van der Waals surface area contributed by atoms with E-state index < -0.39 is 0 Å². The van der Waals surface area contributed by atoms with Crippen molar-refractivity contribution in [2.24, 2.45) is 5.73 Å². The van der Waals surface area contributed by atoms with E-state index in [9.17, 15) is 0 Å². The molecule has 13 heavy (non-hydrogen) atoms. The van der Waals surface area contributed by atoms with Gasteiger partial charge in [-0.05, 0) is 12.1 Å². The zero-order valence-corrected chi connectivity index (χ0v) is 6.94. The summed E-state index contributed by atoms with van der Waals surface area (Å²) in [5.74, 6) is -0.270. The van der Waals surface area contributed by atoms with Crippen molar-refractivity contribution in [3.63, 3.8) is 0 Å². The molecule has 1 aromatic heterocycles. The molecule has 66 valence electrons. The molecule has 0 spiro atoms. The van der Waals surface area contributed by atoms with Gasteiger partial charge in [0.2, 0.25) is 5.96 Å². The van der Waals surface area contributed by atoms with Crippen LogP contribution in [0.3, 0.4) is 0 Å². The van der Waals surface area contributed by atoms with Gasteiger partial charge < -0.3 is 5.73 Å². The van der Waals surface area contributed by atoms with Crippen LogP contribution < -0.4 is 5.73 Å². The molecule has 3 N–H and O–H groups in total. The Hall–Kier alpha value is -2.09. The minimum atomic E-state index is -0.270. The van der Waals surface area contributed by atoms with Gasteiger partial charge in [0, 0.05) is 6.20 Å². The highest BCUT2D eigenvalue weighted by Gasteiger charge is 2.05. The normalized spacial score (nSPS) is 8.85. The van der Waals surface area contributed by atoms with Crippen LogP contribution in [0.1, 0.15) is 5.69 Å². The maximum Gasteiger partial charge on any atom is 0.202 e. The van der Waals surface area contributed by atoms with E-state index in [1.807, 2.05) is 6.07 Å². The lowest BCUT2D eigenvalue weighted by Crippen LogP contribution is -2.31. The van der Waals surface area contributed by atoms with Crippen LogP contribution in [0.25, 0.3) is 0 Å². The Bertz CT molecular complexity index is 326. The number of nitrogens with two attached hydrogens (primary N) is 1. The Balaban J connectivity index is 2.69. The minimum Gasteiger partial charge on any atom is -0.369 e. The van der Waals surface area contributed by atoms with Crippen LogP contribution in [0, 0.1) is 16.9 Å². The van der Waals surface area contributed by atoms with Gasteiger partial charge in [0.15, 0.2) is 6.19 Å². The summed E-state index contributed by atoms with van der Waals surface area (Å²) >= 11 is 0. The van der Waals surface area contributed by atoms with Crippen LogP contribution in [-0.4, -0.2) is 15.8 Å². The summed E-state index contributed by atoms with van der Waals surface area (Å²) in [4.78, 5) is 5.06. The fourth-order valence-electron chi connectivity index (χ4n) is 0.828. The number of rotatable bonds is 2. The van der Waals surface area contributed by atoms with Gasteiger partial charge in [-0.1, -0.05) is 6.07 Å². The fourth-order valence-corrected chi connectivity index (χ4v) is 0.828. The second-order valence-corrected chi connectivity index (χ2v) is 2.39. The van der Waals surface area contributed by atoms with Crippen molar-refractivity contribution >= 4 is 5.96 Å². The number of nitriles is 1. The first-order chi connectivity index (χ1) is 6.24. The molecule has 0 aliphatic heterocycles. The Morgan fingerprint density at radius 3 is 2.92 bits per heavy atom. The maximum atomic E-state index is 8.59. The molecule has 1 aromatic rings. The molecular weight excluding hydrogens is 166 g/mol. The van der Waals surface area contributed by atoms with Crippen LogP contribution in [0.5, 0.6) is 0 Å². The van der Waals surface area contributed by atoms with E-state index in [-0.39, 0.29) is 12.5 Å².